The summed E-state index contributed by atoms with van der Waals surface area (Å²) in [6.07, 6.45) is 4.46. The van der Waals surface area contributed by atoms with Gasteiger partial charge in [-0.3, -0.25) is 15.0 Å². The Kier molecular flexibility index (Phi) is 8.00. The van der Waals surface area contributed by atoms with E-state index in [1.807, 2.05) is 16.9 Å². The van der Waals surface area contributed by atoms with Crippen LogP contribution >= 0.6 is 11.8 Å². The van der Waals surface area contributed by atoms with Crippen molar-refractivity contribution in [3.8, 4) is 6.07 Å². The number of aldehydes is 1. The first-order valence-electron chi connectivity index (χ1n) is 12.4. The van der Waals surface area contributed by atoms with Gasteiger partial charge in [0.05, 0.1) is 25.4 Å². The number of urea groups is 1. The zero-order valence-corrected chi connectivity index (χ0v) is 21.5. The van der Waals surface area contributed by atoms with Crippen LogP contribution in [0.5, 0.6) is 0 Å². The number of hydrogen-bond acceptors (Lipinski definition) is 10. The minimum Gasteiger partial charge on any atom is -0.380 e. The molecule has 5 heterocycles. The van der Waals surface area contributed by atoms with E-state index in [0.717, 1.165) is 23.3 Å². The number of nitriles is 1. The first-order chi connectivity index (χ1) is 18.6. The molecule has 0 radical (unpaired) electrons. The summed E-state index contributed by atoms with van der Waals surface area (Å²) in [5, 5.41) is 12.6. The highest BCUT2D eigenvalue weighted by atomic mass is 32.2. The first kappa shape index (κ1) is 25.9. The second-order valence-corrected chi connectivity index (χ2v) is 10.5. The molecule has 2 amide bonds. The third-order valence-corrected chi connectivity index (χ3v) is 7.94. The largest absolute Gasteiger partial charge is 0.380 e. The zero-order valence-electron chi connectivity index (χ0n) is 20.6. The number of carbonyl (C=O) groups is 2. The number of carbonyl (C=O) groups excluding carboxylic acids is 3. The molecule has 0 aliphatic carbocycles. The highest BCUT2D eigenvalue weighted by Crippen LogP contribution is 2.33. The number of fused-ring (bicyclic) bond motifs is 1. The van der Waals surface area contributed by atoms with E-state index in [1.54, 1.807) is 17.8 Å². The number of amides is 2. The van der Waals surface area contributed by atoms with Crippen LogP contribution in [-0.4, -0.2) is 77.9 Å². The van der Waals surface area contributed by atoms with E-state index < -0.39 is 6.03 Å². The van der Waals surface area contributed by atoms with Crippen molar-refractivity contribution in [3.63, 3.8) is 0 Å². The quantitative estimate of drug-likeness (QED) is 0.435. The van der Waals surface area contributed by atoms with E-state index in [4.69, 9.17) is 9.47 Å². The van der Waals surface area contributed by atoms with Gasteiger partial charge in [-0.15, -0.1) is 11.8 Å². The molecule has 3 aliphatic heterocycles. The lowest BCUT2D eigenvalue weighted by Gasteiger charge is -2.31. The van der Waals surface area contributed by atoms with E-state index in [-0.39, 0.29) is 17.6 Å². The van der Waals surface area contributed by atoms with E-state index in [0.29, 0.717) is 80.6 Å². The van der Waals surface area contributed by atoms with Gasteiger partial charge in [0.15, 0.2) is 6.29 Å². The van der Waals surface area contributed by atoms with Crippen LogP contribution in [0.4, 0.5) is 16.4 Å². The molecule has 11 nitrogen and oxygen atoms in total. The van der Waals surface area contributed by atoms with Gasteiger partial charge in [0.2, 0.25) is 0 Å². The summed E-state index contributed by atoms with van der Waals surface area (Å²) >= 11 is 1.55. The van der Waals surface area contributed by atoms with Gasteiger partial charge >= 0.3 is 6.03 Å². The smallest absolute Gasteiger partial charge is 0.328 e. The lowest BCUT2D eigenvalue weighted by molar-refractivity contribution is 0.0718. The van der Waals surface area contributed by atoms with Crippen molar-refractivity contribution >= 4 is 41.7 Å². The molecule has 1 atom stereocenters. The molecule has 2 aromatic rings. The SMILES string of the molecule is N#Cc1cnc(NC(=O)N2CCCc3cc(CN4CCOCC4=C=O)c(C=O)nc32)cc1S[C@@H]1CCOC1. The molecule has 2 fully saturated rings. The molecule has 38 heavy (non-hydrogen) atoms. The monoisotopic (exact) mass is 534 g/mol. The summed E-state index contributed by atoms with van der Waals surface area (Å²) in [5.74, 6) is 2.68. The Morgan fingerprint density at radius 1 is 1.29 bits per heavy atom. The number of anilines is 2. The molecule has 5 rings (SSSR count). The molecule has 0 aromatic carbocycles. The molecular weight excluding hydrogens is 508 g/mol. The maximum atomic E-state index is 13.3. The van der Waals surface area contributed by atoms with Gasteiger partial charge < -0.3 is 14.4 Å². The molecule has 0 spiro atoms. The third-order valence-electron chi connectivity index (χ3n) is 6.64. The number of thioether (sulfide) groups is 1. The van der Waals surface area contributed by atoms with E-state index in [9.17, 15) is 19.6 Å². The van der Waals surface area contributed by atoms with E-state index in [2.05, 4.69) is 21.4 Å². The number of hydrogen-bond donors (Lipinski definition) is 1. The molecule has 196 valence electrons. The Balaban J connectivity index is 1.36. The van der Waals surface area contributed by atoms with Gasteiger partial charge in [-0.25, -0.2) is 19.6 Å². The normalized spacial score (nSPS) is 18.9. The molecule has 3 aliphatic rings. The maximum absolute atomic E-state index is 13.3. The van der Waals surface area contributed by atoms with Crippen LogP contribution in [-0.2, 0) is 27.2 Å². The van der Waals surface area contributed by atoms with Crippen molar-refractivity contribution in [2.75, 3.05) is 49.7 Å². The molecule has 12 heteroatoms. The second-order valence-electron chi connectivity index (χ2n) is 9.12. The molecule has 2 saturated heterocycles. The summed E-state index contributed by atoms with van der Waals surface area (Å²) in [5.41, 5.74) is 2.60. The van der Waals surface area contributed by atoms with Crippen LogP contribution < -0.4 is 10.2 Å². The predicted molar refractivity (Wildman–Crippen MR) is 139 cm³/mol. The van der Waals surface area contributed by atoms with Gasteiger partial charge in [-0.05, 0) is 37.0 Å². The minimum atomic E-state index is -0.417. The average Bonchev–Trinajstić information content (AvgIpc) is 3.46. The van der Waals surface area contributed by atoms with Crippen molar-refractivity contribution in [2.45, 2.75) is 36.0 Å². The molecular formula is C26H26N6O5S. The Hall–Kier alpha value is -3.75. The number of nitrogens with zero attached hydrogens (tertiary/aromatic N) is 5. The van der Waals surface area contributed by atoms with Crippen LogP contribution in [0.3, 0.4) is 0 Å². The third kappa shape index (κ3) is 5.56. The van der Waals surface area contributed by atoms with Gasteiger partial charge in [0, 0.05) is 48.1 Å². The first-order valence-corrected chi connectivity index (χ1v) is 13.2. The summed E-state index contributed by atoms with van der Waals surface area (Å²) in [7, 11) is 0. The van der Waals surface area contributed by atoms with Gasteiger partial charge in [-0.2, -0.15) is 5.26 Å². The van der Waals surface area contributed by atoms with Gasteiger partial charge in [-0.1, -0.05) is 0 Å². The van der Waals surface area contributed by atoms with Gasteiger partial charge in [0.1, 0.15) is 35.0 Å². The Morgan fingerprint density at radius 3 is 2.95 bits per heavy atom. The highest BCUT2D eigenvalue weighted by Gasteiger charge is 2.28. The molecule has 0 unspecified atom stereocenters. The van der Waals surface area contributed by atoms with Gasteiger partial charge in [0.25, 0.3) is 0 Å². The Labute approximate surface area is 223 Å². The maximum Gasteiger partial charge on any atom is 0.328 e. The number of ether oxygens (including phenoxy) is 2. The van der Waals surface area contributed by atoms with Crippen molar-refractivity contribution in [3.05, 3.63) is 46.4 Å². The van der Waals surface area contributed by atoms with Crippen LogP contribution in [0.1, 0.15) is 40.0 Å². The second kappa shape index (κ2) is 11.8. The minimum absolute atomic E-state index is 0.185. The van der Waals surface area contributed by atoms with Crippen LogP contribution in [0.2, 0.25) is 0 Å². The van der Waals surface area contributed by atoms with Crippen molar-refractivity contribution in [1.82, 2.24) is 14.9 Å². The molecule has 0 saturated carbocycles. The highest BCUT2D eigenvalue weighted by molar-refractivity contribution is 8.00. The Morgan fingerprint density at radius 2 is 2.18 bits per heavy atom. The van der Waals surface area contributed by atoms with Crippen molar-refractivity contribution in [1.29, 1.82) is 5.26 Å². The Bertz CT molecular complexity index is 1330. The predicted octanol–water partition coefficient (Wildman–Crippen LogP) is 2.57. The fourth-order valence-electron chi connectivity index (χ4n) is 4.68. The summed E-state index contributed by atoms with van der Waals surface area (Å²) in [6.45, 7) is 3.26. The van der Waals surface area contributed by atoms with E-state index >= 15 is 0 Å². The zero-order chi connectivity index (χ0) is 26.5. The van der Waals surface area contributed by atoms with E-state index in [1.165, 1.54) is 11.1 Å². The number of rotatable bonds is 6. The topological polar surface area (TPSA) is 138 Å². The van der Waals surface area contributed by atoms with Crippen LogP contribution in [0.25, 0.3) is 0 Å². The van der Waals surface area contributed by atoms with Crippen molar-refractivity contribution in [2.24, 2.45) is 0 Å². The molecule has 1 N–H and O–H groups in total. The summed E-state index contributed by atoms with van der Waals surface area (Å²) < 4.78 is 10.8. The summed E-state index contributed by atoms with van der Waals surface area (Å²) in [6, 6.07) is 5.34. The lowest BCUT2D eigenvalue weighted by atomic mass is 10.0. The summed E-state index contributed by atoms with van der Waals surface area (Å²) in [4.78, 5) is 49.5. The number of aryl methyl sites for hydroxylation is 1. The fourth-order valence-corrected chi connectivity index (χ4v) is 5.82. The number of nitrogens with one attached hydrogen (secondary N) is 1. The standard InChI is InChI=1S/C26H26N6O5S/c27-10-19-11-28-24(9-23(19)38-21-3-6-36-16-21)30-26(35)32-4-1-2-17-8-18(22(14-34)29-25(17)32)12-31-5-7-37-15-20(31)13-33/h8-9,11,14,21H,1-7,12,15-16H2,(H,28,30,35)/t21-/m1/s1. The number of pyridine rings is 2. The number of morpholine rings is 1. The van der Waals surface area contributed by atoms with Crippen LogP contribution in [0, 0.1) is 11.3 Å². The van der Waals surface area contributed by atoms with Crippen LogP contribution in [0.15, 0.2) is 28.9 Å². The number of aromatic nitrogens is 2. The fraction of sp³-hybridized carbons (Fsp3) is 0.423. The average molecular weight is 535 g/mol. The lowest BCUT2D eigenvalue weighted by Crippen LogP contribution is -2.40. The molecule has 0 bridgehead atoms. The van der Waals surface area contributed by atoms with Crippen molar-refractivity contribution < 1.29 is 23.9 Å². The molecule has 2 aromatic heterocycles.